The third-order valence-corrected chi connectivity index (χ3v) is 2.60. The van der Waals surface area contributed by atoms with Crippen LogP contribution in [0.1, 0.15) is 19.8 Å². The van der Waals surface area contributed by atoms with Crippen molar-refractivity contribution in [2.75, 3.05) is 0 Å². The van der Waals surface area contributed by atoms with E-state index in [1.807, 2.05) is 0 Å². The molecule has 2 N–H and O–H groups in total. The third kappa shape index (κ3) is 1.11. The summed E-state index contributed by atoms with van der Waals surface area (Å²) in [5.74, 6) is -3.93. The summed E-state index contributed by atoms with van der Waals surface area (Å²) < 4.78 is 49.4. The molecule has 0 spiro atoms. The molecule has 0 aromatic carbocycles. The zero-order chi connectivity index (χ0) is 9.57. The van der Waals surface area contributed by atoms with E-state index in [4.69, 9.17) is 5.73 Å². The molecule has 0 amide bonds. The minimum Gasteiger partial charge on any atom is -0.327 e. The van der Waals surface area contributed by atoms with Gasteiger partial charge in [-0.3, -0.25) is 0 Å². The molecule has 1 nitrogen and oxygen atoms in total. The Bertz CT molecular complexity index is 166. The number of nitrogens with two attached hydrogens (primary N) is 1. The minimum absolute atomic E-state index is 0.0992. The molecule has 0 aromatic heterocycles. The molecule has 0 aromatic rings. The monoisotopic (exact) mass is 185 g/mol. The quantitative estimate of drug-likeness (QED) is 0.669. The number of hydrogen-bond acceptors (Lipinski definition) is 1. The van der Waals surface area contributed by atoms with E-state index < -0.39 is 23.8 Å². The van der Waals surface area contributed by atoms with Gasteiger partial charge in [-0.2, -0.15) is 8.78 Å². The SMILES string of the molecule is CC(N)C1(C(F)(F)C(F)F)CC1. The Kier molecular flexibility index (Phi) is 2.10. The van der Waals surface area contributed by atoms with Crippen molar-refractivity contribution < 1.29 is 17.6 Å². The van der Waals surface area contributed by atoms with Gasteiger partial charge in [-0.05, 0) is 19.8 Å². The molecule has 0 aliphatic heterocycles. The predicted molar refractivity (Wildman–Crippen MR) is 36.3 cm³/mol. The standard InChI is InChI=1S/C7H11F4N/c1-4(12)6(2-3-6)7(10,11)5(8)9/h4-5H,2-3,12H2,1H3. The van der Waals surface area contributed by atoms with Crippen LogP contribution in [0.25, 0.3) is 0 Å². The van der Waals surface area contributed by atoms with Crippen LogP contribution in [0.4, 0.5) is 17.6 Å². The molecule has 0 bridgehead atoms. The van der Waals surface area contributed by atoms with Crippen LogP contribution < -0.4 is 5.73 Å². The normalized spacial score (nSPS) is 24.2. The summed E-state index contributed by atoms with van der Waals surface area (Å²) in [7, 11) is 0. The fourth-order valence-electron chi connectivity index (χ4n) is 1.44. The van der Waals surface area contributed by atoms with Gasteiger partial charge in [0.15, 0.2) is 0 Å². The molecule has 5 heteroatoms. The maximum absolute atomic E-state index is 12.8. The molecule has 72 valence electrons. The predicted octanol–water partition coefficient (Wildman–Crippen LogP) is 2.01. The lowest BCUT2D eigenvalue weighted by Crippen LogP contribution is -2.47. The minimum atomic E-state index is -3.93. The Morgan fingerprint density at radius 1 is 1.33 bits per heavy atom. The topological polar surface area (TPSA) is 26.0 Å². The number of halogens is 4. The first-order valence-electron chi connectivity index (χ1n) is 3.76. The second-order valence-corrected chi connectivity index (χ2v) is 3.37. The van der Waals surface area contributed by atoms with Crippen molar-refractivity contribution in [3.63, 3.8) is 0 Å². The van der Waals surface area contributed by atoms with E-state index in [9.17, 15) is 17.6 Å². The zero-order valence-electron chi connectivity index (χ0n) is 6.66. The second-order valence-electron chi connectivity index (χ2n) is 3.37. The van der Waals surface area contributed by atoms with Crippen molar-refractivity contribution in [3.8, 4) is 0 Å². The molecule has 1 fully saturated rings. The molecule has 1 atom stereocenters. The van der Waals surface area contributed by atoms with E-state index in [1.165, 1.54) is 6.92 Å². The van der Waals surface area contributed by atoms with Gasteiger partial charge in [0, 0.05) is 6.04 Å². The highest BCUT2D eigenvalue weighted by Crippen LogP contribution is 2.60. The summed E-state index contributed by atoms with van der Waals surface area (Å²) in [6.07, 6.45) is -3.41. The van der Waals surface area contributed by atoms with Gasteiger partial charge in [0.2, 0.25) is 0 Å². The van der Waals surface area contributed by atoms with Crippen LogP contribution in [-0.4, -0.2) is 18.4 Å². The molecule has 1 aliphatic rings. The Labute approximate surface area is 67.9 Å². The van der Waals surface area contributed by atoms with Gasteiger partial charge in [0.25, 0.3) is 0 Å². The fraction of sp³-hybridized carbons (Fsp3) is 1.00. The van der Waals surface area contributed by atoms with Crippen LogP contribution in [-0.2, 0) is 0 Å². The molecule has 12 heavy (non-hydrogen) atoms. The average molecular weight is 185 g/mol. The van der Waals surface area contributed by atoms with Gasteiger partial charge in [-0.25, -0.2) is 8.78 Å². The zero-order valence-corrected chi connectivity index (χ0v) is 6.66. The van der Waals surface area contributed by atoms with E-state index in [-0.39, 0.29) is 12.8 Å². The number of rotatable bonds is 3. The van der Waals surface area contributed by atoms with Crippen molar-refractivity contribution in [1.29, 1.82) is 0 Å². The molecule has 0 heterocycles. The lowest BCUT2D eigenvalue weighted by Gasteiger charge is -2.28. The van der Waals surface area contributed by atoms with Crippen molar-refractivity contribution in [2.45, 2.75) is 38.2 Å². The molecular weight excluding hydrogens is 174 g/mol. The highest BCUT2D eigenvalue weighted by molar-refractivity contribution is 5.09. The molecule has 0 saturated heterocycles. The second kappa shape index (κ2) is 2.58. The molecule has 0 radical (unpaired) electrons. The van der Waals surface area contributed by atoms with Crippen molar-refractivity contribution >= 4 is 0 Å². The lowest BCUT2D eigenvalue weighted by molar-refractivity contribution is -0.180. The highest BCUT2D eigenvalue weighted by atomic mass is 19.3. The average Bonchev–Trinajstić information content (AvgIpc) is 2.64. The Hall–Kier alpha value is -0.320. The summed E-state index contributed by atoms with van der Waals surface area (Å²) in [5, 5.41) is 0. The fourth-order valence-corrected chi connectivity index (χ4v) is 1.44. The van der Waals surface area contributed by atoms with Crippen LogP contribution in [0.15, 0.2) is 0 Å². The third-order valence-electron chi connectivity index (χ3n) is 2.60. The van der Waals surface area contributed by atoms with E-state index in [2.05, 4.69) is 0 Å². The summed E-state index contributed by atoms with van der Waals surface area (Å²) in [6.45, 7) is 1.35. The molecular formula is C7H11F4N. The van der Waals surface area contributed by atoms with Crippen LogP contribution in [0.3, 0.4) is 0 Å². The number of alkyl halides is 4. The van der Waals surface area contributed by atoms with Crippen LogP contribution >= 0.6 is 0 Å². The van der Waals surface area contributed by atoms with E-state index in [1.54, 1.807) is 0 Å². The van der Waals surface area contributed by atoms with Crippen LogP contribution in [0.5, 0.6) is 0 Å². The first kappa shape index (κ1) is 9.77. The summed E-state index contributed by atoms with van der Waals surface area (Å²) in [5.41, 5.74) is 3.61. The van der Waals surface area contributed by atoms with Gasteiger partial charge in [0.1, 0.15) is 0 Å². The van der Waals surface area contributed by atoms with E-state index in [0.29, 0.717) is 0 Å². The van der Waals surface area contributed by atoms with E-state index in [0.717, 1.165) is 0 Å². The lowest BCUT2D eigenvalue weighted by atomic mass is 9.91. The maximum Gasteiger partial charge on any atom is 0.314 e. The maximum atomic E-state index is 12.8. The van der Waals surface area contributed by atoms with Gasteiger partial charge >= 0.3 is 12.3 Å². The first-order chi connectivity index (χ1) is 5.34. The first-order valence-corrected chi connectivity index (χ1v) is 3.76. The van der Waals surface area contributed by atoms with Crippen LogP contribution in [0, 0.1) is 5.41 Å². The smallest absolute Gasteiger partial charge is 0.314 e. The van der Waals surface area contributed by atoms with Gasteiger partial charge in [-0.1, -0.05) is 0 Å². The van der Waals surface area contributed by atoms with Crippen LogP contribution in [0.2, 0.25) is 0 Å². The van der Waals surface area contributed by atoms with Crippen molar-refractivity contribution in [2.24, 2.45) is 11.1 Å². The Morgan fingerprint density at radius 2 is 1.75 bits per heavy atom. The Balaban J connectivity index is 2.81. The Morgan fingerprint density at radius 3 is 1.83 bits per heavy atom. The molecule has 1 aliphatic carbocycles. The molecule has 1 rings (SSSR count). The summed E-state index contributed by atoms with van der Waals surface area (Å²) in [4.78, 5) is 0. The molecule has 1 saturated carbocycles. The summed E-state index contributed by atoms with van der Waals surface area (Å²) in [6, 6.07) is -0.874. The van der Waals surface area contributed by atoms with Crippen molar-refractivity contribution in [1.82, 2.24) is 0 Å². The van der Waals surface area contributed by atoms with Crippen molar-refractivity contribution in [3.05, 3.63) is 0 Å². The van der Waals surface area contributed by atoms with E-state index >= 15 is 0 Å². The molecule has 1 unspecified atom stereocenters. The summed E-state index contributed by atoms with van der Waals surface area (Å²) >= 11 is 0. The van der Waals surface area contributed by atoms with Gasteiger partial charge in [-0.15, -0.1) is 0 Å². The largest absolute Gasteiger partial charge is 0.327 e. The highest BCUT2D eigenvalue weighted by Gasteiger charge is 2.68. The number of hydrogen-bond donors (Lipinski definition) is 1. The van der Waals surface area contributed by atoms with Gasteiger partial charge in [0.05, 0.1) is 5.41 Å². The van der Waals surface area contributed by atoms with Gasteiger partial charge < -0.3 is 5.73 Å².